The number of halogens is 1. The monoisotopic (exact) mass is 333 g/mol. The molecule has 20 heavy (non-hydrogen) atoms. The predicted octanol–water partition coefficient (Wildman–Crippen LogP) is 3.36. The minimum absolute atomic E-state index is 0.579. The van der Waals surface area contributed by atoms with E-state index in [2.05, 4.69) is 35.8 Å². The Morgan fingerprint density at radius 2 is 2.05 bits per heavy atom. The van der Waals surface area contributed by atoms with E-state index in [4.69, 9.17) is 4.98 Å². The summed E-state index contributed by atoms with van der Waals surface area (Å²) in [5, 5.41) is 3.16. The van der Waals surface area contributed by atoms with Crippen molar-refractivity contribution in [3.05, 3.63) is 22.7 Å². The van der Waals surface area contributed by atoms with E-state index in [1.165, 1.54) is 25.7 Å². The minimum Gasteiger partial charge on any atom is -0.372 e. The molecule has 0 aliphatic heterocycles. The van der Waals surface area contributed by atoms with Gasteiger partial charge in [0.25, 0.3) is 0 Å². The summed E-state index contributed by atoms with van der Waals surface area (Å²) in [6.45, 7) is 0. The van der Waals surface area contributed by atoms with Crippen LogP contribution in [-0.2, 0) is 0 Å². The van der Waals surface area contributed by atoms with Crippen LogP contribution < -0.4 is 5.32 Å². The molecule has 0 radical (unpaired) electrons. The lowest BCUT2D eigenvalue weighted by atomic mass is 10.2. The molecule has 6 heteroatoms. The van der Waals surface area contributed by atoms with E-state index in [1.807, 2.05) is 19.6 Å². The Kier molecular flexibility index (Phi) is 2.80. The van der Waals surface area contributed by atoms with E-state index in [-0.39, 0.29) is 0 Å². The molecule has 0 saturated heterocycles. The Labute approximate surface area is 126 Å². The van der Waals surface area contributed by atoms with Gasteiger partial charge in [0.2, 0.25) is 0 Å². The van der Waals surface area contributed by atoms with Gasteiger partial charge in [-0.2, -0.15) is 0 Å². The maximum Gasteiger partial charge on any atom is 0.180 e. The Morgan fingerprint density at radius 3 is 2.70 bits per heavy atom. The van der Waals surface area contributed by atoms with Crippen LogP contribution in [0.4, 0.5) is 5.82 Å². The second-order valence-corrected chi connectivity index (χ2v) is 6.33. The lowest BCUT2D eigenvalue weighted by Gasteiger charge is -2.11. The molecule has 0 spiro atoms. The van der Waals surface area contributed by atoms with Gasteiger partial charge < -0.3 is 9.88 Å². The van der Waals surface area contributed by atoms with E-state index >= 15 is 0 Å². The van der Waals surface area contributed by atoms with E-state index in [0.29, 0.717) is 12.0 Å². The lowest BCUT2D eigenvalue weighted by molar-refractivity contribution is 0.742. The lowest BCUT2D eigenvalue weighted by Crippen LogP contribution is -2.05. The molecule has 2 aliphatic rings. The molecule has 2 aliphatic carbocycles. The van der Waals surface area contributed by atoms with E-state index < -0.39 is 0 Å². The Morgan fingerprint density at radius 1 is 1.25 bits per heavy atom. The molecule has 0 bridgehead atoms. The fourth-order valence-electron chi connectivity index (χ4n) is 2.49. The van der Waals surface area contributed by atoms with Crippen LogP contribution in [0.5, 0.6) is 0 Å². The van der Waals surface area contributed by atoms with Crippen molar-refractivity contribution in [2.75, 3.05) is 12.4 Å². The average Bonchev–Trinajstić information content (AvgIpc) is 3.38. The largest absolute Gasteiger partial charge is 0.372 e. The first-order chi connectivity index (χ1) is 9.78. The van der Waals surface area contributed by atoms with Crippen LogP contribution in [0.1, 0.15) is 43.3 Å². The topological polar surface area (TPSA) is 55.6 Å². The van der Waals surface area contributed by atoms with Gasteiger partial charge in [0, 0.05) is 19.0 Å². The highest BCUT2D eigenvalue weighted by Crippen LogP contribution is 2.45. The van der Waals surface area contributed by atoms with Crippen molar-refractivity contribution < 1.29 is 0 Å². The SMILES string of the molecule is CNc1nc(-c2cncn2C2CC2)nc(C2CC2)c1Br. The summed E-state index contributed by atoms with van der Waals surface area (Å²) in [6, 6.07) is 0.585. The van der Waals surface area contributed by atoms with Crippen LogP contribution >= 0.6 is 15.9 Å². The number of anilines is 1. The highest BCUT2D eigenvalue weighted by atomic mass is 79.9. The molecule has 0 atom stereocenters. The number of nitrogens with zero attached hydrogens (tertiary/aromatic N) is 4. The van der Waals surface area contributed by atoms with Crippen molar-refractivity contribution in [2.45, 2.75) is 37.6 Å². The van der Waals surface area contributed by atoms with E-state index in [1.54, 1.807) is 0 Å². The molecule has 104 valence electrons. The van der Waals surface area contributed by atoms with Gasteiger partial charge in [-0.25, -0.2) is 15.0 Å². The molecule has 2 aromatic heterocycles. The van der Waals surface area contributed by atoms with Crippen molar-refractivity contribution in [3.63, 3.8) is 0 Å². The van der Waals surface area contributed by atoms with Gasteiger partial charge in [0.1, 0.15) is 11.5 Å². The molecular weight excluding hydrogens is 318 g/mol. The normalized spacial score (nSPS) is 18.3. The van der Waals surface area contributed by atoms with E-state index in [0.717, 1.165) is 27.5 Å². The minimum atomic E-state index is 0.579. The van der Waals surface area contributed by atoms with Crippen LogP contribution in [0.15, 0.2) is 17.0 Å². The third-order valence-electron chi connectivity index (χ3n) is 3.91. The number of hydrogen-bond acceptors (Lipinski definition) is 4. The van der Waals surface area contributed by atoms with Crippen LogP contribution in [-0.4, -0.2) is 26.6 Å². The summed E-state index contributed by atoms with van der Waals surface area (Å²) < 4.78 is 3.21. The third-order valence-corrected chi connectivity index (χ3v) is 4.69. The van der Waals surface area contributed by atoms with Crippen molar-refractivity contribution in [1.82, 2.24) is 19.5 Å². The summed E-state index contributed by atoms with van der Waals surface area (Å²) in [5.41, 5.74) is 2.15. The number of aromatic nitrogens is 4. The molecule has 2 fully saturated rings. The number of rotatable bonds is 4. The molecule has 2 saturated carbocycles. The summed E-state index contributed by atoms with van der Waals surface area (Å²) in [6.07, 6.45) is 8.68. The zero-order valence-electron chi connectivity index (χ0n) is 11.3. The predicted molar refractivity (Wildman–Crippen MR) is 80.7 cm³/mol. The highest BCUT2D eigenvalue weighted by molar-refractivity contribution is 9.10. The van der Waals surface area contributed by atoms with Crippen LogP contribution in [0.3, 0.4) is 0 Å². The number of nitrogens with one attached hydrogen (secondary N) is 1. The van der Waals surface area contributed by atoms with Gasteiger partial charge in [-0.1, -0.05) is 0 Å². The second kappa shape index (κ2) is 4.55. The maximum absolute atomic E-state index is 4.80. The Bertz CT molecular complexity index is 658. The standard InChI is InChI=1S/C14H16BrN5/c1-16-14-11(15)12(8-2-3-8)18-13(19-14)10-6-17-7-20(10)9-4-5-9/h6-9H,2-5H2,1H3,(H,16,18,19). The van der Waals surface area contributed by atoms with Gasteiger partial charge in [0.15, 0.2) is 5.82 Å². The fraction of sp³-hybridized carbons (Fsp3) is 0.500. The summed E-state index contributed by atoms with van der Waals surface area (Å²) in [7, 11) is 1.89. The summed E-state index contributed by atoms with van der Waals surface area (Å²) >= 11 is 3.63. The van der Waals surface area contributed by atoms with Crippen LogP contribution in [0.25, 0.3) is 11.5 Å². The molecule has 5 nitrogen and oxygen atoms in total. The van der Waals surface area contributed by atoms with E-state index in [9.17, 15) is 0 Å². The average molecular weight is 334 g/mol. The van der Waals surface area contributed by atoms with Gasteiger partial charge in [-0.3, -0.25) is 0 Å². The fourth-order valence-corrected chi connectivity index (χ4v) is 3.19. The molecule has 2 heterocycles. The second-order valence-electron chi connectivity index (χ2n) is 5.54. The smallest absolute Gasteiger partial charge is 0.180 e. The number of imidazole rings is 1. The van der Waals surface area contributed by atoms with Crippen molar-refractivity contribution in [2.24, 2.45) is 0 Å². The van der Waals surface area contributed by atoms with Gasteiger partial charge in [-0.15, -0.1) is 0 Å². The van der Waals surface area contributed by atoms with Gasteiger partial charge in [-0.05, 0) is 41.6 Å². The van der Waals surface area contributed by atoms with Crippen molar-refractivity contribution in [1.29, 1.82) is 0 Å². The summed E-state index contributed by atoms with van der Waals surface area (Å²) in [4.78, 5) is 13.7. The molecule has 0 unspecified atom stereocenters. The summed E-state index contributed by atoms with van der Waals surface area (Å²) in [5.74, 6) is 2.22. The third kappa shape index (κ3) is 2.02. The zero-order chi connectivity index (χ0) is 13.7. The maximum atomic E-state index is 4.80. The zero-order valence-corrected chi connectivity index (χ0v) is 12.9. The highest BCUT2D eigenvalue weighted by Gasteiger charge is 2.31. The molecular formula is C14H16BrN5. The van der Waals surface area contributed by atoms with Crippen LogP contribution in [0, 0.1) is 0 Å². The quantitative estimate of drug-likeness (QED) is 0.932. The van der Waals surface area contributed by atoms with Crippen molar-refractivity contribution >= 4 is 21.7 Å². The first-order valence-electron chi connectivity index (χ1n) is 7.05. The van der Waals surface area contributed by atoms with Gasteiger partial charge in [0.05, 0.1) is 22.7 Å². The Hall–Kier alpha value is -1.43. The first-order valence-corrected chi connectivity index (χ1v) is 7.84. The molecule has 0 amide bonds. The molecule has 4 rings (SSSR count). The van der Waals surface area contributed by atoms with Gasteiger partial charge >= 0.3 is 0 Å². The number of hydrogen-bond donors (Lipinski definition) is 1. The Balaban J connectivity index is 1.84. The molecule has 1 N–H and O–H groups in total. The molecule has 0 aromatic carbocycles. The van der Waals surface area contributed by atoms with Crippen LogP contribution in [0.2, 0.25) is 0 Å². The first kappa shape index (κ1) is 12.3. The molecule has 2 aromatic rings. The van der Waals surface area contributed by atoms with Crippen molar-refractivity contribution in [3.8, 4) is 11.5 Å².